The van der Waals surface area contributed by atoms with Gasteiger partial charge in [0, 0.05) is 24.0 Å². The monoisotopic (exact) mass is 358 g/mol. The number of carbonyl (C=O) groups excluding carboxylic acids is 2. The largest absolute Gasteiger partial charge is 0.493 e. The van der Waals surface area contributed by atoms with E-state index in [0.29, 0.717) is 29.9 Å². The van der Waals surface area contributed by atoms with Crippen LogP contribution in [0.2, 0.25) is 0 Å². The molecular weight excluding hydrogens is 332 g/mol. The number of ketones is 2. The third-order valence-electron chi connectivity index (χ3n) is 5.22. The number of benzene rings is 1. The minimum Gasteiger partial charge on any atom is -0.493 e. The molecule has 0 saturated carbocycles. The summed E-state index contributed by atoms with van der Waals surface area (Å²) < 4.78 is 15.9. The second-order valence-corrected chi connectivity index (χ2v) is 6.51. The van der Waals surface area contributed by atoms with Crippen LogP contribution in [0.1, 0.15) is 30.1 Å². The Labute approximate surface area is 154 Å². The summed E-state index contributed by atoms with van der Waals surface area (Å²) in [5.41, 5.74) is -0.378. The Hall–Kier alpha value is -2.40. The van der Waals surface area contributed by atoms with E-state index in [-0.39, 0.29) is 17.7 Å². The van der Waals surface area contributed by atoms with Crippen molar-refractivity contribution in [2.45, 2.75) is 25.9 Å². The van der Waals surface area contributed by atoms with Gasteiger partial charge in [-0.15, -0.1) is 6.58 Å². The molecule has 0 fully saturated rings. The lowest BCUT2D eigenvalue weighted by Gasteiger charge is -2.39. The highest BCUT2D eigenvalue weighted by Crippen LogP contribution is 2.43. The quantitative estimate of drug-likeness (QED) is 0.524. The number of allylic oxidation sites excluding steroid dienone is 2. The van der Waals surface area contributed by atoms with E-state index in [1.54, 1.807) is 51.5 Å². The van der Waals surface area contributed by atoms with Gasteiger partial charge in [0.2, 0.25) is 0 Å². The minimum absolute atomic E-state index is 0.0629. The number of hydrogen-bond donors (Lipinski definition) is 0. The summed E-state index contributed by atoms with van der Waals surface area (Å²) >= 11 is 0. The lowest BCUT2D eigenvalue weighted by molar-refractivity contribution is -0.128. The highest BCUT2D eigenvalue weighted by atomic mass is 16.5. The van der Waals surface area contributed by atoms with Gasteiger partial charge in [-0.05, 0) is 37.1 Å². The Morgan fingerprint density at radius 1 is 1.31 bits per heavy atom. The summed E-state index contributed by atoms with van der Waals surface area (Å²) in [6.07, 6.45) is 5.63. The highest BCUT2D eigenvalue weighted by molar-refractivity contribution is 6.05. The van der Waals surface area contributed by atoms with Gasteiger partial charge in [-0.3, -0.25) is 9.59 Å². The van der Waals surface area contributed by atoms with Crippen molar-refractivity contribution in [2.24, 2.45) is 11.3 Å². The number of rotatable bonds is 8. The van der Waals surface area contributed by atoms with E-state index < -0.39 is 11.3 Å². The van der Waals surface area contributed by atoms with E-state index in [0.717, 1.165) is 0 Å². The van der Waals surface area contributed by atoms with Gasteiger partial charge in [-0.2, -0.15) is 0 Å². The van der Waals surface area contributed by atoms with Gasteiger partial charge in [0.05, 0.1) is 20.3 Å². The number of carbonyl (C=O) groups is 2. The molecule has 1 aromatic rings. The Kier molecular flexibility index (Phi) is 6.37. The maximum absolute atomic E-state index is 13.2. The highest BCUT2D eigenvalue weighted by Gasteiger charge is 2.47. The second-order valence-electron chi connectivity index (χ2n) is 6.51. The molecule has 140 valence electrons. The smallest absolute Gasteiger partial charge is 0.166 e. The van der Waals surface area contributed by atoms with Gasteiger partial charge < -0.3 is 14.2 Å². The van der Waals surface area contributed by atoms with Crippen LogP contribution in [0.3, 0.4) is 0 Å². The van der Waals surface area contributed by atoms with Crippen molar-refractivity contribution >= 4 is 11.6 Å². The Balaban J connectivity index is 2.41. The lowest BCUT2D eigenvalue weighted by Crippen LogP contribution is -2.45. The predicted molar refractivity (Wildman–Crippen MR) is 99.8 cm³/mol. The molecule has 0 spiro atoms. The fourth-order valence-electron chi connectivity index (χ4n) is 3.55. The maximum atomic E-state index is 13.2. The normalized spacial score (nSPS) is 23.4. The number of Topliss-reactive ketones (excluding diaryl/α,β-unsaturated/α-hetero) is 1. The van der Waals surface area contributed by atoms with Crippen molar-refractivity contribution in [1.29, 1.82) is 0 Å². The zero-order chi connectivity index (χ0) is 19.3. The van der Waals surface area contributed by atoms with E-state index >= 15 is 0 Å². The summed E-state index contributed by atoms with van der Waals surface area (Å²) in [5.74, 6) is 0.314. The van der Waals surface area contributed by atoms with Gasteiger partial charge >= 0.3 is 0 Å². The Bertz CT molecular complexity index is 721. The molecule has 1 aliphatic carbocycles. The minimum atomic E-state index is -0.860. The van der Waals surface area contributed by atoms with Gasteiger partial charge in [0.15, 0.2) is 23.1 Å². The van der Waals surface area contributed by atoms with Crippen LogP contribution in [0.25, 0.3) is 0 Å². The third kappa shape index (κ3) is 3.58. The molecule has 5 nitrogen and oxygen atoms in total. The predicted octanol–water partition coefficient (Wildman–Crippen LogP) is 3.63. The summed E-state index contributed by atoms with van der Waals surface area (Å²) in [6.45, 7) is 5.58. The van der Waals surface area contributed by atoms with Crippen molar-refractivity contribution in [1.82, 2.24) is 0 Å². The molecule has 0 bridgehead atoms. The van der Waals surface area contributed by atoms with Crippen molar-refractivity contribution in [3.8, 4) is 11.5 Å². The first-order valence-corrected chi connectivity index (χ1v) is 8.56. The van der Waals surface area contributed by atoms with Crippen molar-refractivity contribution < 1.29 is 23.8 Å². The molecular formula is C21H26O5. The van der Waals surface area contributed by atoms with Gasteiger partial charge in [-0.25, -0.2) is 0 Å². The molecule has 1 aliphatic rings. The maximum Gasteiger partial charge on any atom is 0.166 e. The summed E-state index contributed by atoms with van der Waals surface area (Å²) in [6, 6.07) is 5.04. The van der Waals surface area contributed by atoms with E-state index in [1.807, 2.05) is 0 Å². The molecule has 0 aromatic heterocycles. The molecule has 0 radical (unpaired) electrons. The molecule has 3 atom stereocenters. The SMILES string of the molecule is C=CC[C@@]1([C@@H](C)C(=O)c2ccc(OC)c(OC)c2)C[C@H](OC)C=CC1=O. The summed E-state index contributed by atoms with van der Waals surface area (Å²) in [4.78, 5) is 26.0. The Morgan fingerprint density at radius 2 is 2.00 bits per heavy atom. The van der Waals surface area contributed by atoms with Gasteiger partial charge in [0.25, 0.3) is 0 Å². The third-order valence-corrected chi connectivity index (χ3v) is 5.22. The molecule has 0 aliphatic heterocycles. The van der Waals surface area contributed by atoms with Crippen molar-refractivity contribution in [3.63, 3.8) is 0 Å². The molecule has 5 heteroatoms. The first kappa shape index (κ1) is 19.9. The second kappa shape index (κ2) is 8.32. The van der Waals surface area contributed by atoms with Crippen LogP contribution in [0, 0.1) is 11.3 Å². The topological polar surface area (TPSA) is 61.8 Å². The standard InChI is InChI=1S/C21H26O5/c1-6-11-21(13-16(24-3)8-10-19(21)22)14(2)20(23)15-7-9-17(25-4)18(12-15)26-5/h6-10,12,14,16H,1,11,13H2,2-5H3/t14-,16+,21-/m0/s1. The van der Waals surface area contributed by atoms with Crippen LogP contribution in [0.5, 0.6) is 11.5 Å². The molecule has 26 heavy (non-hydrogen) atoms. The molecule has 0 saturated heterocycles. The average Bonchev–Trinajstić information content (AvgIpc) is 2.68. The van der Waals surface area contributed by atoms with E-state index in [4.69, 9.17) is 14.2 Å². The molecule has 2 rings (SSSR count). The van der Waals surface area contributed by atoms with Crippen molar-refractivity contribution in [3.05, 3.63) is 48.6 Å². The number of hydrogen-bond acceptors (Lipinski definition) is 5. The summed E-state index contributed by atoms with van der Waals surface area (Å²) in [7, 11) is 4.66. The van der Waals surface area contributed by atoms with Gasteiger partial charge in [-0.1, -0.05) is 19.1 Å². The summed E-state index contributed by atoms with van der Waals surface area (Å²) in [5, 5.41) is 0. The first-order valence-electron chi connectivity index (χ1n) is 8.56. The van der Waals surface area contributed by atoms with E-state index in [9.17, 15) is 9.59 Å². The Morgan fingerprint density at radius 3 is 2.58 bits per heavy atom. The molecule has 0 N–H and O–H groups in total. The van der Waals surface area contributed by atoms with Crippen LogP contribution in [-0.2, 0) is 9.53 Å². The average molecular weight is 358 g/mol. The van der Waals surface area contributed by atoms with Crippen LogP contribution in [0.15, 0.2) is 43.0 Å². The fraction of sp³-hybridized carbons (Fsp3) is 0.429. The van der Waals surface area contributed by atoms with Crippen LogP contribution in [0.4, 0.5) is 0 Å². The van der Waals surface area contributed by atoms with E-state index in [1.165, 1.54) is 13.2 Å². The number of ether oxygens (including phenoxy) is 3. The zero-order valence-corrected chi connectivity index (χ0v) is 15.8. The van der Waals surface area contributed by atoms with Crippen molar-refractivity contribution in [2.75, 3.05) is 21.3 Å². The zero-order valence-electron chi connectivity index (χ0n) is 15.8. The van der Waals surface area contributed by atoms with Gasteiger partial charge in [0.1, 0.15) is 0 Å². The van der Waals surface area contributed by atoms with Crippen LogP contribution < -0.4 is 9.47 Å². The van der Waals surface area contributed by atoms with Crippen LogP contribution in [-0.4, -0.2) is 39.0 Å². The molecule has 0 heterocycles. The molecule has 1 aromatic carbocycles. The van der Waals surface area contributed by atoms with Crippen LogP contribution >= 0.6 is 0 Å². The number of methoxy groups -OCH3 is 3. The molecule has 0 unspecified atom stereocenters. The van der Waals surface area contributed by atoms with E-state index in [2.05, 4.69) is 6.58 Å². The lowest BCUT2D eigenvalue weighted by atomic mass is 9.63. The first-order chi connectivity index (χ1) is 12.4. The molecule has 0 amide bonds. The fourth-order valence-corrected chi connectivity index (χ4v) is 3.55.